The number of anilines is 1. The second kappa shape index (κ2) is 5.23. The lowest BCUT2D eigenvalue weighted by Crippen LogP contribution is -2.43. The number of aromatic nitrogens is 1. The van der Waals surface area contributed by atoms with Gasteiger partial charge in [-0.15, -0.1) is 0 Å². The van der Waals surface area contributed by atoms with Crippen LogP contribution in [0.15, 0.2) is 12.3 Å². The number of nitrogen functional groups attached to an aromatic ring is 1. The van der Waals surface area contributed by atoms with Crippen molar-refractivity contribution in [3.63, 3.8) is 0 Å². The molecule has 2 unspecified atom stereocenters. The van der Waals surface area contributed by atoms with Gasteiger partial charge >= 0.3 is 0 Å². The number of aliphatic hydroxyl groups is 1. The monoisotopic (exact) mass is 237 g/mol. The van der Waals surface area contributed by atoms with Crippen LogP contribution in [0, 0.1) is 5.92 Å². The minimum absolute atomic E-state index is 0.0748. The summed E-state index contributed by atoms with van der Waals surface area (Å²) in [6.07, 6.45) is 5.75. The maximum atomic E-state index is 11.9. The fourth-order valence-corrected chi connectivity index (χ4v) is 2.40. The third-order valence-electron chi connectivity index (χ3n) is 3.41. The first kappa shape index (κ1) is 12.0. The van der Waals surface area contributed by atoms with E-state index in [0.29, 0.717) is 11.4 Å². The molecule has 0 radical (unpaired) electrons. The van der Waals surface area contributed by atoms with E-state index in [1.165, 1.54) is 0 Å². The molecule has 0 aromatic carbocycles. The van der Waals surface area contributed by atoms with Crippen LogP contribution in [0.1, 0.15) is 36.2 Å². The van der Waals surface area contributed by atoms with Crippen molar-refractivity contribution in [2.24, 2.45) is 5.92 Å². The van der Waals surface area contributed by atoms with Gasteiger partial charge in [-0.1, -0.05) is 12.8 Å². The minimum atomic E-state index is -0.146. The second-order valence-electron chi connectivity index (χ2n) is 4.65. The van der Waals surface area contributed by atoms with Gasteiger partial charge in [-0.05, 0) is 18.9 Å². The van der Waals surface area contributed by atoms with Gasteiger partial charge in [0.25, 0.3) is 5.91 Å². The van der Waals surface area contributed by atoms with Crippen molar-refractivity contribution in [1.82, 2.24) is 10.3 Å². The van der Waals surface area contributed by atoms with E-state index in [9.17, 15) is 9.90 Å². The van der Waals surface area contributed by atoms with Gasteiger partial charge < -0.3 is 21.1 Å². The van der Waals surface area contributed by atoms with E-state index in [-0.39, 0.29) is 24.5 Å². The van der Waals surface area contributed by atoms with Crippen molar-refractivity contribution in [3.8, 4) is 0 Å². The number of H-pyrrole nitrogens is 1. The highest BCUT2D eigenvalue weighted by Gasteiger charge is 2.26. The first-order valence-electron chi connectivity index (χ1n) is 6.06. The molecule has 2 rings (SSSR count). The summed E-state index contributed by atoms with van der Waals surface area (Å²) >= 11 is 0. The average molecular weight is 237 g/mol. The Kier molecular flexibility index (Phi) is 3.68. The molecule has 0 bridgehead atoms. The van der Waals surface area contributed by atoms with Crippen LogP contribution in [0.3, 0.4) is 0 Å². The fraction of sp³-hybridized carbons (Fsp3) is 0.583. The van der Waals surface area contributed by atoms with Gasteiger partial charge in [-0.25, -0.2) is 0 Å². The largest absolute Gasteiger partial charge is 0.397 e. The highest BCUT2D eigenvalue weighted by atomic mass is 16.3. The number of aliphatic hydroxyl groups excluding tert-OH is 1. The number of nitrogens with one attached hydrogen (secondary N) is 2. The van der Waals surface area contributed by atoms with Gasteiger partial charge in [0.1, 0.15) is 5.69 Å². The van der Waals surface area contributed by atoms with E-state index in [2.05, 4.69) is 10.3 Å². The van der Waals surface area contributed by atoms with Crippen molar-refractivity contribution in [2.45, 2.75) is 31.7 Å². The highest BCUT2D eigenvalue weighted by Crippen LogP contribution is 2.24. The summed E-state index contributed by atoms with van der Waals surface area (Å²) in [5, 5.41) is 12.2. The number of hydrogen-bond acceptors (Lipinski definition) is 3. The van der Waals surface area contributed by atoms with E-state index in [0.717, 1.165) is 25.7 Å². The lowest BCUT2D eigenvalue weighted by Gasteiger charge is -2.30. The molecule has 2 atom stereocenters. The molecule has 1 aromatic heterocycles. The first-order chi connectivity index (χ1) is 8.20. The molecule has 1 aliphatic carbocycles. The second-order valence-corrected chi connectivity index (χ2v) is 4.65. The summed E-state index contributed by atoms with van der Waals surface area (Å²) in [6.45, 7) is 0.137. The molecule has 1 aliphatic rings. The van der Waals surface area contributed by atoms with E-state index < -0.39 is 0 Å². The standard InChI is InChI=1S/C12H19N3O2/c13-9-5-11(14-6-9)12(17)15-10-4-2-1-3-8(10)7-16/h5-6,8,10,14,16H,1-4,7,13H2,(H,15,17). The van der Waals surface area contributed by atoms with Crippen LogP contribution in [0.2, 0.25) is 0 Å². The third kappa shape index (κ3) is 2.79. The topological polar surface area (TPSA) is 91.1 Å². The molecule has 1 heterocycles. The van der Waals surface area contributed by atoms with Crippen molar-refractivity contribution in [1.29, 1.82) is 0 Å². The Labute approximate surface area is 100 Å². The molecule has 0 saturated heterocycles. The zero-order valence-corrected chi connectivity index (χ0v) is 9.78. The predicted octanol–water partition coefficient (Wildman–Crippen LogP) is 0.878. The normalized spacial score (nSPS) is 24.5. The van der Waals surface area contributed by atoms with Gasteiger partial charge in [0.15, 0.2) is 0 Å². The maximum Gasteiger partial charge on any atom is 0.267 e. The number of rotatable bonds is 3. The van der Waals surface area contributed by atoms with Gasteiger partial charge in [0.2, 0.25) is 0 Å². The minimum Gasteiger partial charge on any atom is -0.397 e. The number of carbonyl (C=O) groups is 1. The van der Waals surface area contributed by atoms with Crippen LogP contribution in [0.25, 0.3) is 0 Å². The van der Waals surface area contributed by atoms with Gasteiger partial charge in [0, 0.05) is 30.5 Å². The molecule has 1 amide bonds. The van der Waals surface area contributed by atoms with E-state index >= 15 is 0 Å². The Morgan fingerprint density at radius 2 is 2.29 bits per heavy atom. The van der Waals surface area contributed by atoms with Crippen LogP contribution < -0.4 is 11.1 Å². The molecule has 5 N–H and O–H groups in total. The van der Waals surface area contributed by atoms with E-state index in [1.54, 1.807) is 12.3 Å². The zero-order chi connectivity index (χ0) is 12.3. The maximum absolute atomic E-state index is 11.9. The van der Waals surface area contributed by atoms with Gasteiger partial charge in [0.05, 0.1) is 0 Å². The highest BCUT2D eigenvalue weighted by molar-refractivity contribution is 5.93. The van der Waals surface area contributed by atoms with Crippen molar-refractivity contribution in [3.05, 3.63) is 18.0 Å². The molecule has 94 valence electrons. The van der Waals surface area contributed by atoms with Crippen LogP contribution in [0.4, 0.5) is 5.69 Å². The molecule has 17 heavy (non-hydrogen) atoms. The molecular weight excluding hydrogens is 218 g/mol. The molecule has 1 saturated carbocycles. The number of hydrogen-bond donors (Lipinski definition) is 4. The number of aromatic amines is 1. The van der Waals surface area contributed by atoms with Crippen molar-refractivity contribution in [2.75, 3.05) is 12.3 Å². The molecule has 1 aromatic rings. The van der Waals surface area contributed by atoms with Crippen molar-refractivity contribution < 1.29 is 9.90 Å². The smallest absolute Gasteiger partial charge is 0.267 e. The number of carbonyl (C=O) groups excluding carboxylic acids is 1. The van der Waals surface area contributed by atoms with Crippen LogP contribution in [-0.4, -0.2) is 28.6 Å². The summed E-state index contributed by atoms with van der Waals surface area (Å²) in [5.74, 6) is 0.0343. The van der Waals surface area contributed by atoms with E-state index in [4.69, 9.17) is 5.73 Å². The summed E-state index contributed by atoms with van der Waals surface area (Å²) in [6, 6.07) is 1.69. The van der Waals surface area contributed by atoms with E-state index in [1.807, 2.05) is 0 Å². The zero-order valence-electron chi connectivity index (χ0n) is 9.78. The first-order valence-corrected chi connectivity index (χ1v) is 6.06. The lowest BCUT2D eigenvalue weighted by molar-refractivity contribution is 0.0868. The molecule has 5 heteroatoms. The van der Waals surface area contributed by atoms with Crippen LogP contribution >= 0.6 is 0 Å². The van der Waals surface area contributed by atoms with Crippen LogP contribution in [0.5, 0.6) is 0 Å². The summed E-state index contributed by atoms with van der Waals surface area (Å²) < 4.78 is 0. The summed E-state index contributed by atoms with van der Waals surface area (Å²) in [7, 11) is 0. The molecular formula is C12H19N3O2. The Hall–Kier alpha value is -1.49. The van der Waals surface area contributed by atoms with Gasteiger partial charge in [-0.3, -0.25) is 4.79 Å². The quantitative estimate of drug-likeness (QED) is 0.629. The number of amides is 1. The van der Waals surface area contributed by atoms with Gasteiger partial charge in [-0.2, -0.15) is 0 Å². The predicted molar refractivity (Wildman–Crippen MR) is 65.5 cm³/mol. The molecule has 1 fully saturated rings. The summed E-state index contributed by atoms with van der Waals surface area (Å²) in [4.78, 5) is 14.7. The Balaban J connectivity index is 1.97. The molecule has 0 spiro atoms. The molecule has 0 aliphatic heterocycles. The lowest BCUT2D eigenvalue weighted by atomic mass is 9.85. The molecule has 5 nitrogen and oxygen atoms in total. The number of nitrogens with two attached hydrogens (primary N) is 1. The van der Waals surface area contributed by atoms with Crippen LogP contribution in [-0.2, 0) is 0 Å². The Bertz CT molecular complexity index is 389. The Morgan fingerprint density at radius 3 is 2.94 bits per heavy atom. The fourth-order valence-electron chi connectivity index (χ4n) is 2.40. The SMILES string of the molecule is Nc1c[nH]c(C(=O)NC2CCCCC2CO)c1. The average Bonchev–Trinajstić information content (AvgIpc) is 2.77. The summed E-state index contributed by atoms with van der Waals surface area (Å²) in [5.41, 5.74) is 6.58. The Morgan fingerprint density at radius 1 is 1.53 bits per heavy atom. The van der Waals surface area contributed by atoms with Crippen molar-refractivity contribution >= 4 is 11.6 Å². The third-order valence-corrected chi connectivity index (χ3v) is 3.41.